The highest BCUT2D eigenvalue weighted by Gasteiger charge is 2.34. The summed E-state index contributed by atoms with van der Waals surface area (Å²) < 4.78 is 5.95. The van der Waals surface area contributed by atoms with Crippen molar-refractivity contribution >= 4 is 17.3 Å². The number of nitrogens with zero attached hydrogens (tertiary/aromatic N) is 1. The Labute approximate surface area is 141 Å². The summed E-state index contributed by atoms with van der Waals surface area (Å²) in [4.78, 5) is 14.4. The van der Waals surface area contributed by atoms with Gasteiger partial charge in [-0.15, -0.1) is 0 Å². The molecule has 5 heteroatoms. The lowest BCUT2D eigenvalue weighted by Crippen LogP contribution is -2.48. The van der Waals surface area contributed by atoms with Gasteiger partial charge < -0.3 is 20.5 Å². The Morgan fingerprint density at radius 1 is 1.21 bits per heavy atom. The van der Waals surface area contributed by atoms with Crippen molar-refractivity contribution in [3.8, 4) is 5.75 Å². The smallest absolute Gasteiger partial charge is 0.268 e. The molecule has 0 aromatic heterocycles. The second-order valence-corrected chi connectivity index (χ2v) is 6.18. The normalized spacial score (nSPS) is 16.7. The maximum absolute atomic E-state index is 12.8. The second-order valence-electron chi connectivity index (χ2n) is 6.18. The van der Waals surface area contributed by atoms with Crippen molar-refractivity contribution in [3.05, 3.63) is 53.1 Å². The highest BCUT2D eigenvalue weighted by Crippen LogP contribution is 2.36. The first kappa shape index (κ1) is 16.3. The predicted octanol–water partition coefficient (Wildman–Crippen LogP) is 2.21. The van der Waals surface area contributed by atoms with Gasteiger partial charge in [-0.2, -0.15) is 0 Å². The molecule has 1 unspecified atom stereocenters. The summed E-state index contributed by atoms with van der Waals surface area (Å²) in [6, 6.07) is 11.4. The van der Waals surface area contributed by atoms with Gasteiger partial charge >= 0.3 is 0 Å². The monoisotopic (exact) mass is 326 g/mol. The molecule has 1 aliphatic heterocycles. The van der Waals surface area contributed by atoms with E-state index >= 15 is 0 Å². The lowest BCUT2D eigenvalue weighted by molar-refractivity contribution is -0.126. The largest absolute Gasteiger partial charge is 0.478 e. The zero-order valence-electron chi connectivity index (χ0n) is 14.0. The number of benzene rings is 2. The molecule has 24 heavy (non-hydrogen) atoms. The minimum Gasteiger partial charge on any atom is -0.478 e. The number of hydrogen-bond acceptors (Lipinski definition) is 4. The lowest BCUT2D eigenvalue weighted by atomic mass is 9.98. The van der Waals surface area contributed by atoms with Crippen LogP contribution in [0.5, 0.6) is 5.75 Å². The number of anilines is 2. The first-order valence-corrected chi connectivity index (χ1v) is 8.04. The summed E-state index contributed by atoms with van der Waals surface area (Å²) in [6.07, 6.45) is -0.105. The van der Waals surface area contributed by atoms with Crippen molar-refractivity contribution in [2.24, 2.45) is 0 Å². The number of carbonyl (C=O) groups excluding carboxylic acids is 1. The molecule has 0 bridgehead atoms. The molecular weight excluding hydrogens is 304 g/mol. The van der Waals surface area contributed by atoms with Crippen LogP contribution in [0.15, 0.2) is 36.4 Å². The Bertz CT molecular complexity index is 773. The number of nitrogen functional groups attached to an aromatic ring is 1. The van der Waals surface area contributed by atoms with E-state index in [-0.39, 0.29) is 19.1 Å². The Kier molecular flexibility index (Phi) is 4.44. The van der Waals surface area contributed by atoms with Crippen molar-refractivity contribution in [2.75, 3.05) is 23.8 Å². The van der Waals surface area contributed by atoms with Gasteiger partial charge in [-0.05, 0) is 43.2 Å². The SMILES string of the molecule is Cc1ccc(C)c(CC2Oc3ccc(N)cc3N(CCO)C2=O)c1. The summed E-state index contributed by atoms with van der Waals surface area (Å²) in [5, 5.41) is 9.32. The summed E-state index contributed by atoms with van der Waals surface area (Å²) >= 11 is 0. The van der Waals surface area contributed by atoms with Crippen molar-refractivity contribution < 1.29 is 14.6 Å². The summed E-state index contributed by atoms with van der Waals surface area (Å²) in [5.74, 6) is 0.468. The highest BCUT2D eigenvalue weighted by molar-refractivity contribution is 6.00. The van der Waals surface area contributed by atoms with Crippen LogP contribution in [0.25, 0.3) is 0 Å². The molecule has 3 rings (SSSR count). The van der Waals surface area contributed by atoms with Crippen molar-refractivity contribution in [3.63, 3.8) is 0 Å². The average Bonchev–Trinajstić information content (AvgIpc) is 2.55. The van der Waals surface area contributed by atoms with Crippen LogP contribution >= 0.6 is 0 Å². The fraction of sp³-hybridized carbons (Fsp3) is 0.316. The predicted molar refractivity (Wildman–Crippen MR) is 94.3 cm³/mol. The topological polar surface area (TPSA) is 75.8 Å². The molecule has 3 N–H and O–H groups in total. The van der Waals surface area contributed by atoms with E-state index in [9.17, 15) is 9.90 Å². The first-order chi connectivity index (χ1) is 11.5. The molecule has 2 aromatic carbocycles. The maximum Gasteiger partial charge on any atom is 0.268 e. The third-order valence-corrected chi connectivity index (χ3v) is 4.32. The van der Waals surface area contributed by atoms with E-state index in [0.29, 0.717) is 23.5 Å². The number of nitrogens with two attached hydrogens (primary N) is 1. The zero-order valence-corrected chi connectivity index (χ0v) is 14.0. The van der Waals surface area contributed by atoms with Gasteiger partial charge in [0.25, 0.3) is 5.91 Å². The van der Waals surface area contributed by atoms with Gasteiger partial charge in [0.1, 0.15) is 5.75 Å². The molecule has 2 aromatic rings. The van der Waals surface area contributed by atoms with Gasteiger partial charge in [0.2, 0.25) is 0 Å². The molecule has 0 fully saturated rings. The number of fused-ring (bicyclic) bond motifs is 1. The molecule has 1 aliphatic rings. The van der Waals surface area contributed by atoms with Gasteiger partial charge in [0.15, 0.2) is 6.10 Å². The zero-order chi connectivity index (χ0) is 17.3. The molecule has 0 aliphatic carbocycles. The number of aliphatic hydroxyl groups is 1. The van der Waals surface area contributed by atoms with Crippen LogP contribution in [0.3, 0.4) is 0 Å². The van der Waals surface area contributed by atoms with Gasteiger partial charge in [-0.3, -0.25) is 4.79 Å². The van der Waals surface area contributed by atoms with Gasteiger partial charge in [0.05, 0.1) is 12.3 Å². The molecule has 1 amide bonds. The van der Waals surface area contributed by atoms with Gasteiger partial charge in [0, 0.05) is 18.7 Å². The molecule has 126 valence electrons. The van der Waals surface area contributed by atoms with Crippen molar-refractivity contribution in [1.29, 1.82) is 0 Å². The summed E-state index contributed by atoms with van der Waals surface area (Å²) in [5.41, 5.74) is 10.4. The van der Waals surface area contributed by atoms with E-state index in [1.165, 1.54) is 0 Å². The Hall–Kier alpha value is -2.53. The number of aliphatic hydroxyl groups excluding tert-OH is 1. The third kappa shape index (κ3) is 3.08. The van der Waals surface area contributed by atoms with E-state index in [2.05, 4.69) is 18.2 Å². The van der Waals surface area contributed by atoms with Crippen molar-refractivity contribution in [2.45, 2.75) is 26.4 Å². The maximum atomic E-state index is 12.8. The van der Waals surface area contributed by atoms with Crippen LogP contribution in [0, 0.1) is 13.8 Å². The Morgan fingerprint density at radius 2 is 2.00 bits per heavy atom. The number of β-amino-alcohol motifs (C(OH)–C–C–N with tert-alkyl or cyclic N) is 1. The molecule has 0 radical (unpaired) electrons. The number of ether oxygens (including phenoxy) is 1. The summed E-state index contributed by atoms with van der Waals surface area (Å²) in [7, 11) is 0. The van der Waals surface area contributed by atoms with Crippen LogP contribution in [-0.4, -0.2) is 30.3 Å². The molecular formula is C19H22N2O3. The minimum absolute atomic E-state index is 0.115. The Morgan fingerprint density at radius 3 is 2.75 bits per heavy atom. The van der Waals surface area contributed by atoms with Gasteiger partial charge in [-0.1, -0.05) is 23.8 Å². The van der Waals surface area contributed by atoms with Crippen LogP contribution in [0.2, 0.25) is 0 Å². The lowest BCUT2D eigenvalue weighted by Gasteiger charge is -2.34. The Balaban J connectivity index is 1.94. The third-order valence-electron chi connectivity index (χ3n) is 4.32. The van der Waals surface area contributed by atoms with Crippen molar-refractivity contribution in [1.82, 2.24) is 0 Å². The molecule has 1 atom stereocenters. The van der Waals surface area contributed by atoms with E-state index in [1.807, 2.05) is 13.8 Å². The molecule has 0 spiro atoms. The molecule has 1 heterocycles. The average molecular weight is 326 g/mol. The highest BCUT2D eigenvalue weighted by atomic mass is 16.5. The molecule has 5 nitrogen and oxygen atoms in total. The number of rotatable bonds is 4. The number of amides is 1. The fourth-order valence-corrected chi connectivity index (χ4v) is 3.02. The van der Waals surface area contributed by atoms with Crippen LogP contribution < -0.4 is 15.4 Å². The number of aryl methyl sites for hydroxylation is 2. The van der Waals surface area contributed by atoms with E-state index in [4.69, 9.17) is 10.5 Å². The standard InChI is InChI=1S/C19H22N2O3/c1-12-3-4-13(2)14(9-12)10-18-19(23)21(7-8-22)16-11-15(20)5-6-17(16)24-18/h3-6,9,11,18,22H,7-8,10,20H2,1-2H3. The fourth-order valence-electron chi connectivity index (χ4n) is 3.02. The molecule has 0 saturated heterocycles. The quantitative estimate of drug-likeness (QED) is 0.845. The second kappa shape index (κ2) is 6.53. The van der Waals surface area contributed by atoms with Gasteiger partial charge in [-0.25, -0.2) is 0 Å². The van der Waals surface area contributed by atoms with E-state index in [0.717, 1.165) is 16.7 Å². The van der Waals surface area contributed by atoms with Crippen LogP contribution in [0.4, 0.5) is 11.4 Å². The van der Waals surface area contributed by atoms with E-state index < -0.39 is 6.10 Å². The molecule has 0 saturated carbocycles. The van der Waals surface area contributed by atoms with E-state index in [1.54, 1.807) is 23.1 Å². The number of carbonyl (C=O) groups is 1. The van der Waals surface area contributed by atoms with Crippen LogP contribution in [-0.2, 0) is 11.2 Å². The van der Waals surface area contributed by atoms with Crippen LogP contribution in [0.1, 0.15) is 16.7 Å². The minimum atomic E-state index is -0.604. The summed E-state index contributed by atoms with van der Waals surface area (Å²) in [6.45, 7) is 4.17. The first-order valence-electron chi connectivity index (χ1n) is 8.04. The number of hydrogen-bond donors (Lipinski definition) is 2.